The lowest BCUT2D eigenvalue weighted by Crippen LogP contribution is -2.33. The summed E-state index contributed by atoms with van der Waals surface area (Å²) >= 11 is 0. The van der Waals surface area contributed by atoms with Gasteiger partial charge in [-0.25, -0.2) is 8.42 Å². The normalized spacial score (nSPS) is 19.5. The van der Waals surface area contributed by atoms with Gasteiger partial charge < -0.3 is 5.32 Å². The molecule has 0 aliphatic carbocycles. The molecular formula is C13H15N3O3S. The molecule has 1 heterocycles. The van der Waals surface area contributed by atoms with E-state index in [0.29, 0.717) is 13.0 Å². The Kier molecular flexibility index (Phi) is 4.06. The van der Waals surface area contributed by atoms with Crippen LogP contribution in [-0.4, -0.2) is 38.8 Å². The highest BCUT2D eigenvalue weighted by atomic mass is 32.2. The number of amides is 1. The Bertz CT molecular complexity index is 664. The molecule has 0 bridgehead atoms. The highest BCUT2D eigenvalue weighted by Gasteiger charge is 2.36. The Labute approximate surface area is 118 Å². The molecule has 1 N–H and O–H groups in total. The van der Waals surface area contributed by atoms with Crippen LogP contribution < -0.4 is 5.32 Å². The summed E-state index contributed by atoms with van der Waals surface area (Å²) in [7, 11) is -2.19. The Morgan fingerprint density at radius 2 is 2.15 bits per heavy atom. The zero-order valence-corrected chi connectivity index (χ0v) is 11.9. The summed E-state index contributed by atoms with van der Waals surface area (Å²) in [6.45, 7) is 0.446. The number of benzene rings is 1. The molecule has 1 saturated heterocycles. The van der Waals surface area contributed by atoms with Gasteiger partial charge >= 0.3 is 0 Å². The summed E-state index contributed by atoms with van der Waals surface area (Å²) in [5, 5.41) is 11.5. The van der Waals surface area contributed by atoms with Crippen LogP contribution in [0.2, 0.25) is 0 Å². The van der Waals surface area contributed by atoms with E-state index in [1.54, 1.807) is 12.1 Å². The fraction of sp³-hybridized carbons (Fsp3) is 0.385. The van der Waals surface area contributed by atoms with E-state index in [2.05, 4.69) is 5.32 Å². The van der Waals surface area contributed by atoms with Crippen molar-refractivity contribution in [1.82, 2.24) is 9.62 Å². The number of hydrogen-bond donors (Lipinski definition) is 1. The van der Waals surface area contributed by atoms with E-state index in [9.17, 15) is 13.2 Å². The van der Waals surface area contributed by atoms with Crippen molar-refractivity contribution in [2.45, 2.75) is 11.3 Å². The van der Waals surface area contributed by atoms with Gasteiger partial charge in [-0.15, -0.1) is 0 Å². The summed E-state index contributed by atoms with van der Waals surface area (Å²) in [6.07, 6.45) is 0.494. The van der Waals surface area contributed by atoms with Gasteiger partial charge in [0.25, 0.3) is 0 Å². The number of nitriles is 1. The van der Waals surface area contributed by atoms with Gasteiger partial charge in [0.05, 0.1) is 16.4 Å². The molecule has 1 fully saturated rings. The van der Waals surface area contributed by atoms with Gasteiger partial charge in [0.1, 0.15) is 6.07 Å². The zero-order valence-electron chi connectivity index (χ0n) is 11.0. The van der Waals surface area contributed by atoms with E-state index in [-0.39, 0.29) is 28.8 Å². The first-order valence-corrected chi connectivity index (χ1v) is 7.65. The molecule has 20 heavy (non-hydrogen) atoms. The van der Waals surface area contributed by atoms with Crippen LogP contribution in [-0.2, 0) is 14.8 Å². The lowest BCUT2D eigenvalue weighted by atomic mass is 10.1. The third-order valence-corrected chi connectivity index (χ3v) is 5.32. The van der Waals surface area contributed by atoms with Crippen LogP contribution in [0.15, 0.2) is 29.2 Å². The second kappa shape index (κ2) is 5.61. The number of rotatable bonds is 3. The predicted octanol–water partition coefficient (Wildman–Crippen LogP) is 0.315. The molecule has 1 aliphatic heterocycles. The maximum Gasteiger partial charge on any atom is 0.244 e. The molecule has 1 aromatic carbocycles. The number of nitrogens with one attached hydrogen (secondary N) is 1. The Morgan fingerprint density at radius 1 is 1.45 bits per heavy atom. The molecule has 1 amide bonds. The van der Waals surface area contributed by atoms with Crippen LogP contribution in [0, 0.1) is 17.2 Å². The van der Waals surface area contributed by atoms with Crippen molar-refractivity contribution in [2.24, 2.45) is 5.92 Å². The Balaban J connectivity index is 2.29. The molecule has 0 radical (unpaired) electrons. The van der Waals surface area contributed by atoms with E-state index in [1.807, 2.05) is 6.07 Å². The first-order chi connectivity index (χ1) is 9.50. The number of nitrogens with zero attached hydrogens (tertiary/aromatic N) is 2. The van der Waals surface area contributed by atoms with Gasteiger partial charge in [-0.3, -0.25) is 4.79 Å². The average Bonchev–Trinajstić information content (AvgIpc) is 2.97. The Hall–Kier alpha value is -1.91. The molecule has 1 atom stereocenters. The fourth-order valence-electron chi connectivity index (χ4n) is 2.29. The lowest BCUT2D eigenvalue weighted by molar-refractivity contribution is -0.123. The lowest BCUT2D eigenvalue weighted by Gasteiger charge is -2.17. The molecular weight excluding hydrogens is 278 g/mol. The third-order valence-electron chi connectivity index (χ3n) is 3.39. The molecule has 0 aromatic heterocycles. The van der Waals surface area contributed by atoms with Crippen molar-refractivity contribution in [3.63, 3.8) is 0 Å². The van der Waals surface area contributed by atoms with Gasteiger partial charge in [-0.2, -0.15) is 9.57 Å². The van der Waals surface area contributed by atoms with Crippen LogP contribution in [0.1, 0.15) is 12.0 Å². The van der Waals surface area contributed by atoms with Crippen LogP contribution in [0.3, 0.4) is 0 Å². The molecule has 1 aromatic rings. The maximum atomic E-state index is 12.5. The van der Waals surface area contributed by atoms with Crippen LogP contribution >= 0.6 is 0 Å². The molecule has 106 valence electrons. The summed E-state index contributed by atoms with van der Waals surface area (Å²) in [6, 6.07) is 7.98. The van der Waals surface area contributed by atoms with Gasteiger partial charge in [0.15, 0.2) is 0 Å². The zero-order chi connectivity index (χ0) is 14.8. The van der Waals surface area contributed by atoms with Crippen molar-refractivity contribution in [2.75, 3.05) is 20.1 Å². The van der Waals surface area contributed by atoms with Gasteiger partial charge in [-0.05, 0) is 18.6 Å². The molecule has 1 aliphatic rings. The monoisotopic (exact) mass is 293 g/mol. The van der Waals surface area contributed by atoms with Crippen LogP contribution in [0.4, 0.5) is 0 Å². The summed E-state index contributed by atoms with van der Waals surface area (Å²) < 4.78 is 26.3. The van der Waals surface area contributed by atoms with Crippen molar-refractivity contribution in [1.29, 1.82) is 5.26 Å². The predicted molar refractivity (Wildman–Crippen MR) is 72.1 cm³/mol. The minimum absolute atomic E-state index is 0.0000524. The first kappa shape index (κ1) is 14.5. The van der Waals surface area contributed by atoms with Crippen molar-refractivity contribution in [3.05, 3.63) is 29.8 Å². The minimum Gasteiger partial charge on any atom is -0.359 e. The van der Waals surface area contributed by atoms with Gasteiger partial charge in [0, 0.05) is 20.1 Å². The van der Waals surface area contributed by atoms with Crippen LogP contribution in [0.5, 0.6) is 0 Å². The van der Waals surface area contributed by atoms with Crippen LogP contribution in [0.25, 0.3) is 0 Å². The highest BCUT2D eigenvalue weighted by molar-refractivity contribution is 7.89. The minimum atomic E-state index is -3.73. The summed E-state index contributed by atoms with van der Waals surface area (Å²) in [5.74, 6) is -0.486. The number of carbonyl (C=O) groups excluding carboxylic acids is 1. The second-order valence-electron chi connectivity index (χ2n) is 4.57. The second-order valence-corrected chi connectivity index (χ2v) is 6.48. The topological polar surface area (TPSA) is 90.3 Å². The molecule has 1 unspecified atom stereocenters. The Morgan fingerprint density at radius 3 is 2.80 bits per heavy atom. The molecule has 0 spiro atoms. The summed E-state index contributed by atoms with van der Waals surface area (Å²) in [5.41, 5.74) is 0.121. The number of carbonyl (C=O) groups is 1. The van der Waals surface area contributed by atoms with Crippen molar-refractivity contribution < 1.29 is 13.2 Å². The SMILES string of the molecule is CNC(=O)C1CCN(S(=O)(=O)c2ccccc2C#N)C1. The van der Waals surface area contributed by atoms with E-state index in [4.69, 9.17) is 5.26 Å². The summed E-state index contributed by atoms with van der Waals surface area (Å²) in [4.78, 5) is 11.6. The van der Waals surface area contributed by atoms with Crippen molar-refractivity contribution in [3.8, 4) is 6.07 Å². The van der Waals surface area contributed by atoms with Gasteiger partial charge in [0.2, 0.25) is 15.9 Å². The van der Waals surface area contributed by atoms with E-state index < -0.39 is 10.0 Å². The first-order valence-electron chi connectivity index (χ1n) is 6.21. The molecule has 7 heteroatoms. The van der Waals surface area contributed by atoms with Crippen molar-refractivity contribution >= 4 is 15.9 Å². The third kappa shape index (κ3) is 2.53. The van der Waals surface area contributed by atoms with Gasteiger partial charge in [-0.1, -0.05) is 12.1 Å². The number of hydrogen-bond acceptors (Lipinski definition) is 4. The number of sulfonamides is 1. The maximum absolute atomic E-state index is 12.5. The van der Waals surface area contributed by atoms with E-state index >= 15 is 0 Å². The molecule has 0 saturated carbocycles. The standard InChI is InChI=1S/C13H15N3O3S/c1-15-13(17)11-6-7-16(9-11)20(18,19)12-5-3-2-4-10(12)8-14/h2-5,11H,6-7,9H2,1H3,(H,15,17). The quantitative estimate of drug-likeness (QED) is 0.868. The molecule has 6 nitrogen and oxygen atoms in total. The van der Waals surface area contributed by atoms with E-state index in [0.717, 1.165) is 0 Å². The van der Waals surface area contributed by atoms with E-state index in [1.165, 1.54) is 23.5 Å². The molecule has 2 rings (SSSR count). The fourth-order valence-corrected chi connectivity index (χ4v) is 3.93. The largest absolute Gasteiger partial charge is 0.359 e. The highest BCUT2D eigenvalue weighted by Crippen LogP contribution is 2.26. The average molecular weight is 293 g/mol. The smallest absolute Gasteiger partial charge is 0.244 e.